The lowest BCUT2D eigenvalue weighted by Crippen LogP contribution is -2.66. The summed E-state index contributed by atoms with van der Waals surface area (Å²) in [5.41, 5.74) is 0. The molecule has 1 aliphatic carbocycles. The summed E-state index contributed by atoms with van der Waals surface area (Å²) >= 11 is 0. The second kappa shape index (κ2) is 7.07. The largest absolute Gasteiger partial charge is 0.465 e. The van der Waals surface area contributed by atoms with E-state index in [1.165, 1.54) is 0 Å². The summed E-state index contributed by atoms with van der Waals surface area (Å²) in [6, 6.07) is 0.220. The summed E-state index contributed by atoms with van der Waals surface area (Å²) < 4.78 is 6.60. The van der Waals surface area contributed by atoms with E-state index in [4.69, 9.17) is 4.43 Å². The first kappa shape index (κ1) is 19.7. The van der Waals surface area contributed by atoms with Crippen LogP contribution in [0.5, 0.6) is 0 Å². The highest BCUT2D eigenvalue weighted by atomic mass is 35.5. The number of piperazine rings is 1. The molecule has 7 heteroatoms. The van der Waals surface area contributed by atoms with Gasteiger partial charge in [-0.3, -0.25) is 0 Å². The molecule has 22 heavy (non-hydrogen) atoms. The van der Waals surface area contributed by atoms with Gasteiger partial charge in [-0.25, -0.2) is 4.79 Å². The lowest BCUT2D eigenvalue weighted by atomic mass is 9.85. The molecule has 0 spiro atoms. The predicted molar refractivity (Wildman–Crippen MR) is 93.5 cm³/mol. The zero-order chi connectivity index (χ0) is 15.8. The third kappa shape index (κ3) is 3.96. The molecule has 0 aromatic rings. The molecular formula is C15H31ClN2O3Si. The van der Waals surface area contributed by atoms with E-state index in [9.17, 15) is 9.90 Å². The molecule has 1 heterocycles. The molecule has 0 bridgehead atoms. The van der Waals surface area contributed by atoms with Crippen LogP contribution >= 0.6 is 12.4 Å². The van der Waals surface area contributed by atoms with Crippen LogP contribution in [0.2, 0.25) is 18.1 Å². The molecule has 2 aliphatic rings. The maximum Gasteiger partial charge on any atom is 0.407 e. The monoisotopic (exact) mass is 350 g/mol. The lowest BCUT2D eigenvalue weighted by molar-refractivity contribution is 0.0136. The van der Waals surface area contributed by atoms with E-state index in [-0.39, 0.29) is 35.6 Å². The molecule has 0 aromatic heterocycles. The van der Waals surface area contributed by atoms with Crippen LogP contribution < -0.4 is 5.32 Å². The molecule has 0 aromatic carbocycles. The van der Waals surface area contributed by atoms with Crippen molar-refractivity contribution in [2.24, 2.45) is 0 Å². The quantitative estimate of drug-likeness (QED) is 0.750. The number of halogens is 1. The van der Waals surface area contributed by atoms with Gasteiger partial charge in [0.25, 0.3) is 0 Å². The number of amides is 1. The van der Waals surface area contributed by atoms with E-state index in [1.807, 2.05) is 0 Å². The molecule has 130 valence electrons. The maximum absolute atomic E-state index is 11.4. The van der Waals surface area contributed by atoms with Crippen LogP contribution in [-0.4, -0.2) is 55.7 Å². The lowest BCUT2D eigenvalue weighted by Gasteiger charge is -2.50. The van der Waals surface area contributed by atoms with E-state index >= 15 is 0 Å². The van der Waals surface area contributed by atoms with Crippen LogP contribution in [-0.2, 0) is 4.43 Å². The molecule has 3 atom stereocenters. The molecule has 1 saturated carbocycles. The first-order chi connectivity index (χ1) is 9.63. The molecule has 2 fully saturated rings. The Morgan fingerprint density at radius 2 is 1.95 bits per heavy atom. The fourth-order valence-electron chi connectivity index (χ4n) is 3.19. The Balaban J connectivity index is 0.00000242. The summed E-state index contributed by atoms with van der Waals surface area (Å²) in [7, 11) is -1.82. The van der Waals surface area contributed by atoms with Gasteiger partial charge < -0.3 is 19.7 Å². The molecule has 0 radical (unpaired) electrons. The molecule has 5 nitrogen and oxygen atoms in total. The Bertz CT molecular complexity index is 401. The van der Waals surface area contributed by atoms with Crippen LogP contribution in [0.1, 0.15) is 40.0 Å². The SMILES string of the molecule is CC(C)(C)[Si](C)(C)O[C@@H]1CCC[C@H]2[C@@H]1NCCN2C(=O)O.Cl. The van der Waals surface area contributed by atoms with E-state index in [1.54, 1.807) is 4.90 Å². The number of hydrogen-bond donors (Lipinski definition) is 2. The minimum absolute atomic E-state index is 0. The smallest absolute Gasteiger partial charge is 0.407 e. The van der Waals surface area contributed by atoms with Crippen molar-refractivity contribution < 1.29 is 14.3 Å². The Labute approximate surface area is 141 Å². The van der Waals surface area contributed by atoms with Gasteiger partial charge >= 0.3 is 6.09 Å². The van der Waals surface area contributed by atoms with E-state index in [0.29, 0.717) is 6.54 Å². The Morgan fingerprint density at radius 1 is 1.32 bits per heavy atom. The second-order valence-electron chi connectivity index (χ2n) is 7.87. The maximum atomic E-state index is 11.4. The first-order valence-electron chi connectivity index (χ1n) is 8.04. The third-order valence-corrected chi connectivity index (χ3v) is 9.94. The summed E-state index contributed by atoms with van der Waals surface area (Å²) in [5.74, 6) is 0. The van der Waals surface area contributed by atoms with Crippen LogP contribution in [0.25, 0.3) is 0 Å². The highest BCUT2D eigenvalue weighted by Gasteiger charge is 2.46. The van der Waals surface area contributed by atoms with Gasteiger partial charge in [-0.05, 0) is 37.4 Å². The van der Waals surface area contributed by atoms with E-state index in [0.717, 1.165) is 25.8 Å². The molecule has 2 rings (SSSR count). The standard InChI is InChI=1S/C15H30N2O3Si.ClH/c1-15(2,3)21(4,5)20-12-8-6-7-11-13(12)16-9-10-17(11)14(18)19;/h11-13,16H,6-10H2,1-5H3,(H,18,19);1H/t11-,12+,13-;/m0./s1. The zero-order valence-corrected chi connectivity index (χ0v) is 16.2. The predicted octanol–water partition coefficient (Wildman–Crippen LogP) is 3.30. The highest BCUT2D eigenvalue weighted by molar-refractivity contribution is 6.74. The van der Waals surface area contributed by atoms with Crippen molar-refractivity contribution in [3.63, 3.8) is 0 Å². The topological polar surface area (TPSA) is 61.8 Å². The van der Waals surface area contributed by atoms with Gasteiger partial charge in [0.05, 0.1) is 18.2 Å². The highest BCUT2D eigenvalue weighted by Crippen LogP contribution is 2.39. The minimum atomic E-state index is -1.82. The average molecular weight is 351 g/mol. The Hall–Kier alpha value is -0.303. The van der Waals surface area contributed by atoms with Crippen LogP contribution in [0.4, 0.5) is 4.79 Å². The molecule has 1 amide bonds. The Kier molecular flexibility index (Phi) is 6.35. The van der Waals surface area contributed by atoms with Crippen molar-refractivity contribution in [3.8, 4) is 0 Å². The van der Waals surface area contributed by atoms with Crippen molar-refractivity contribution in [2.45, 2.75) is 76.4 Å². The van der Waals surface area contributed by atoms with Crippen molar-refractivity contribution in [1.82, 2.24) is 10.2 Å². The minimum Gasteiger partial charge on any atom is -0.465 e. The van der Waals surface area contributed by atoms with Crippen molar-refractivity contribution in [2.75, 3.05) is 13.1 Å². The number of nitrogens with one attached hydrogen (secondary N) is 1. The van der Waals surface area contributed by atoms with Crippen LogP contribution in [0.3, 0.4) is 0 Å². The van der Waals surface area contributed by atoms with Gasteiger partial charge in [0.15, 0.2) is 8.32 Å². The fourth-order valence-corrected chi connectivity index (χ4v) is 4.57. The number of hydrogen-bond acceptors (Lipinski definition) is 3. The van der Waals surface area contributed by atoms with Gasteiger partial charge in [0, 0.05) is 13.1 Å². The summed E-state index contributed by atoms with van der Waals surface area (Å²) in [6.45, 7) is 12.6. The van der Waals surface area contributed by atoms with Gasteiger partial charge in [-0.15, -0.1) is 12.4 Å². The average Bonchev–Trinajstić information content (AvgIpc) is 2.36. The fraction of sp³-hybridized carbons (Fsp3) is 0.933. The van der Waals surface area contributed by atoms with Crippen LogP contribution in [0.15, 0.2) is 0 Å². The van der Waals surface area contributed by atoms with Gasteiger partial charge in [0.1, 0.15) is 0 Å². The van der Waals surface area contributed by atoms with E-state index in [2.05, 4.69) is 39.2 Å². The summed E-state index contributed by atoms with van der Waals surface area (Å²) in [4.78, 5) is 13.0. The number of carboxylic acid groups (broad SMARTS) is 1. The molecule has 0 unspecified atom stereocenters. The molecule has 2 N–H and O–H groups in total. The van der Waals surface area contributed by atoms with E-state index < -0.39 is 14.4 Å². The molecule has 1 aliphatic heterocycles. The number of nitrogens with zero attached hydrogens (tertiary/aromatic N) is 1. The first-order valence-corrected chi connectivity index (χ1v) is 10.9. The van der Waals surface area contributed by atoms with Crippen molar-refractivity contribution in [3.05, 3.63) is 0 Å². The normalized spacial score (nSPS) is 29.5. The summed E-state index contributed by atoms with van der Waals surface area (Å²) in [6.07, 6.45) is 2.38. The number of fused-ring (bicyclic) bond motifs is 1. The second-order valence-corrected chi connectivity index (χ2v) is 12.6. The van der Waals surface area contributed by atoms with Crippen LogP contribution in [0, 0.1) is 0 Å². The number of rotatable bonds is 2. The zero-order valence-electron chi connectivity index (χ0n) is 14.4. The van der Waals surface area contributed by atoms with Gasteiger partial charge in [-0.2, -0.15) is 0 Å². The van der Waals surface area contributed by atoms with Crippen molar-refractivity contribution in [1.29, 1.82) is 0 Å². The third-order valence-electron chi connectivity index (χ3n) is 5.43. The van der Waals surface area contributed by atoms with Gasteiger partial charge in [-0.1, -0.05) is 20.8 Å². The Morgan fingerprint density at radius 3 is 2.50 bits per heavy atom. The summed E-state index contributed by atoms with van der Waals surface area (Å²) in [5, 5.41) is 13.1. The van der Waals surface area contributed by atoms with Crippen molar-refractivity contribution >= 4 is 26.8 Å². The van der Waals surface area contributed by atoms with Gasteiger partial charge in [0.2, 0.25) is 0 Å². The number of carbonyl (C=O) groups is 1. The molecular weight excluding hydrogens is 320 g/mol. The molecule has 1 saturated heterocycles.